The maximum atomic E-state index is 14.5. The molecule has 5 heteroatoms. The van der Waals surface area contributed by atoms with E-state index in [2.05, 4.69) is 38.3 Å². The summed E-state index contributed by atoms with van der Waals surface area (Å²) in [5.41, 5.74) is 1.97. The van der Waals surface area contributed by atoms with Crippen molar-refractivity contribution in [3.63, 3.8) is 0 Å². The van der Waals surface area contributed by atoms with E-state index in [1.807, 2.05) is 6.07 Å². The minimum Gasteiger partial charge on any atom is -0.323 e. The van der Waals surface area contributed by atoms with Crippen molar-refractivity contribution in [2.24, 2.45) is 16.7 Å². The first-order valence-electron chi connectivity index (χ1n) is 7.58. The van der Waals surface area contributed by atoms with Crippen LogP contribution in [0.3, 0.4) is 0 Å². The highest BCUT2D eigenvalue weighted by atomic mass is 35.5. The normalized spacial score (nSPS) is 21.5. The molecule has 122 valence electrons. The zero-order valence-electron chi connectivity index (χ0n) is 13.5. The van der Waals surface area contributed by atoms with Crippen LogP contribution >= 0.6 is 12.4 Å². The molecule has 3 rings (SSSR count). The SMILES string of the molecule is CC1(C)C(C(=O)Nc2ccc3c(c2F)CCNC3)C1(C)C.Cl. The van der Waals surface area contributed by atoms with Gasteiger partial charge in [0.15, 0.2) is 0 Å². The molecule has 0 radical (unpaired) electrons. The standard InChI is InChI=1S/C17H23FN2O.ClH/c1-16(2)14(17(16,3)4)15(21)20-12-6-5-10-9-19-8-7-11(10)13(12)18;/h5-6,14,19H,7-9H2,1-4H3,(H,20,21);1H. The lowest BCUT2D eigenvalue weighted by atomic mass is 9.99. The average molecular weight is 327 g/mol. The second-order valence-electron chi connectivity index (χ2n) is 7.36. The maximum Gasteiger partial charge on any atom is 0.228 e. The average Bonchev–Trinajstić information content (AvgIpc) is 2.83. The Morgan fingerprint density at radius 3 is 2.50 bits per heavy atom. The first-order valence-corrected chi connectivity index (χ1v) is 7.58. The third-order valence-corrected chi connectivity index (χ3v) is 5.75. The highest BCUT2D eigenvalue weighted by molar-refractivity contribution is 5.96. The molecule has 0 unspecified atom stereocenters. The molecule has 0 saturated heterocycles. The van der Waals surface area contributed by atoms with E-state index in [9.17, 15) is 9.18 Å². The number of hydrogen-bond donors (Lipinski definition) is 2. The fourth-order valence-corrected chi connectivity index (χ4v) is 3.69. The van der Waals surface area contributed by atoms with Crippen LogP contribution in [0.25, 0.3) is 0 Å². The minimum atomic E-state index is -0.265. The summed E-state index contributed by atoms with van der Waals surface area (Å²) in [4.78, 5) is 12.4. The monoisotopic (exact) mass is 326 g/mol. The molecule has 0 bridgehead atoms. The Bertz CT molecular complexity index is 599. The summed E-state index contributed by atoms with van der Waals surface area (Å²) in [5.74, 6) is -0.404. The number of anilines is 1. The molecule has 1 amide bonds. The third kappa shape index (κ3) is 2.42. The molecule has 22 heavy (non-hydrogen) atoms. The van der Waals surface area contributed by atoms with Crippen molar-refractivity contribution in [3.8, 4) is 0 Å². The second-order valence-corrected chi connectivity index (χ2v) is 7.36. The van der Waals surface area contributed by atoms with Crippen molar-refractivity contribution in [2.45, 2.75) is 40.7 Å². The van der Waals surface area contributed by atoms with Crippen LogP contribution in [0.4, 0.5) is 10.1 Å². The van der Waals surface area contributed by atoms with E-state index in [1.54, 1.807) is 6.07 Å². The van der Waals surface area contributed by atoms with E-state index >= 15 is 0 Å². The van der Waals surface area contributed by atoms with Gasteiger partial charge in [0.1, 0.15) is 5.82 Å². The highest BCUT2D eigenvalue weighted by Gasteiger charge is 2.68. The molecule has 1 aliphatic carbocycles. The van der Waals surface area contributed by atoms with Gasteiger partial charge in [0, 0.05) is 12.5 Å². The van der Waals surface area contributed by atoms with Crippen LogP contribution in [0.2, 0.25) is 0 Å². The maximum absolute atomic E-state index is 14.5. The minimum absolute atomic E-state index is 0. The topological polar surface area (TPSA) is 41.1 Å². The van der Waals surface area contributed by atoms with E-state index in [0.717, 1.165) is 17.7 Å². The van der Waals surface area contributed by atoms with Gasteiger partial charge in [-0.25, -0.2) is 4.39 Å². The number of benzene rings is 1. The van der Waals surface area contributed by atoms with E-state index in [0.29, 0.717) is 18.7 Å². The number of halogens is 2. The molecule has 0 aromatic heterocycles. The molecular weight excluding hydrogens is 303 g/mol. The lowest BCUT2D eigenvalue weighted by molar-refractivity contribution is -0.118. The molecule has 0 spiro atoms. The van der Waals surface area contributed by atoms with Crippen molar-refractivity contribution in [1.82, 2.24) is 5.32 Å². The van der Waals surface area contributed by atoms with Gasteiger partial charge < -0.3 is 10.6 Å². The molecule has 2 aliphatic rings. The largest absolute Gasteiger partial charge is 0.323 e. The Morgan fingerprint density at radius 1 is 1.27 bits per heavy atom. The lowest BCUT2D eigenvalue weighted by Crippen LogP contribution is -2.25. The van der Waals surface area contributed by atoms with Crippen LogP contribution < -0.4 is 10.6 Å². The van der Waals surface area contributed by atoms with Gasteiger partial charge in [-0.2, -0.15) is 0 Å². The van der Waals surface area contributed by atoms with Gasteiger partial charge in [0.25, 0.3) is 0 Å². The molecule has 0 atom stereocenters. The predicted octanol–water partition coefficient (Wildman–Crippen LogP) is 3.51. The summed E-state index contributed by atoms with van der Waals surface area (Å²) in [7, 11) is 0. The molecule has 1 aromatic carbocycles. The molecule has 2 N–H and O–H groups in total. The summed E-state index contributed by atoms with van der Waals surface area (Å²) in [6.45, 7) is 9.84. The Morgan fingerprint density at radius 2 is 1.91 bits per heavy atom. The van der Waals surface area contributed by atoms with Crippen LogP contribution in [-0.4, -0.2) is 12.5 Å². The summed E-state index contributed by atoms with van der Waals surface area (Å²) in [6.07, 6.45) is 0.672. The summed E-state index contributed by atoms with van der Waals surface area (Å²) in [5, 5.41) is 6.02. The van der Waals surface area contributed by atoms with Gasteiger partial charge >= 0.3 is 0 Å². The predicted molar refractivity (Wildman–Crippen MR) is 88.7 cm³/mol. The van der Waals surface area contributed by atoms with Crippen molar-refractivity contribution >= 4 is 24.0 Å². The molecule has 1 aliphatic heterocycles. The number of carbonyl (C=O) groups excluding carboxylic acids is 1. The molecular formula is C17H24ClFN2O. The third-order valence-electron chi connectivity index (χ3n) is 5.75. The number of carbonyl (C=O) groups is 1. The zero-order valence-corrected chi connectivity index (χ0v) is 14.4. The van der Waals surface area contributed by atoms with Crippen LogP contribution in [-0.2, 0) is 17.8 Å². The molecule has 1 fully saturated rings. The number of rotatable bonds is 2. The molecule has 3 nitrogen and oxygen atoms in total. The van der Waals surface area contributed by atoms with Gasteiger partial charge in [0.2, 0.25) is 5.91 Å². The summed E-state index contributed by atoms with van der Waals surface area (Å²) < 4.78 is 14.5. The van der Waals surface area contributed by atoms with Crippen LogP contribution in [0.15, 0.2) is 12.1 Å². The second kappa shape index (κ2) is 5.50. The molecule has 1 aromatic rings. The number of hydrogen-bond acceptors (Lipinski definition) is 2. The van der Waals surface area contributed by atoms with Crippen LogP contribution in [0.1, 0.15) is 38.8 Å². The Labute approximate surface area is 137 Å². The quantitative estimate of drug-likeness (QED) is 0.873. The van der Waals surface area contributed by atoms with Gasteiger partial charge in [0.05, 0.1) is 5.69 Å². The van der Waals surface area contributed by atoms with Crippen LogP contribution in [0, 0.1) is 22.6 Å². The van der Waals surface area contributed by atoms with Crippen molar-refractivity contribution in [2.75, 3.05) is 11.9 Å². The summed E-state index contributed by atoms with van der Waals surface area (Å²) >= 11 is 0. The fourth-order valence-electron chi connectivity index (χ4n) is 3.69. The molecule has 1 heterocycles. The van der Waals surface area contributed by atoms with Crippen LogP contribution in [0.5, 0.6) is 0 Å². The first-order chi connectivity index (χ1) is 9.76. The van der Waals surface area contributed by atoms with Gasteiger partial charge in [-0.15, -0.1) is 12.4 Å². The van der Waals surface area contributed by atoms with Gasteiger partial charge in [-0.3, -0.25) is 4.79 Å². The fraction of sp³-hybridized carbons (Fsp3) is 0.588. The van der Waals surface area contributed by atoms with Crippen molar-refractivity contribution in [1.29, 1.82) is 0 Å². The number of amides is 1. The Hall–Kier alpha value is -1.13. The van der Waals surface area contributed by atoms with E-state index in [1.165, 1.54) is 0 Å². The van der Waals surface area contributed by atoms with Gasteiger partial charge in [-0.1, -0.05) is 33.8 Å². The smallest absolute Gasteiger partial charge is 0.228 e. The first kappa shape index (κ1) is 17.2. The summed E-state index contributed by atoms with van der Waals surface area (Å²) in [6, 6.07) is 3.59. The highest BCUT2D eigenvalue weighted by Crippen LogP contribution is 2.68. The van der Waals surface area contributed by atoms with E-state index in [-0.39, 0.29) is 40.9 Å². The molecule has 1 saturated carbocycles. The van der Waals surface area contributed by atoms with Crippen molar-refractivity contribution in [3.05, 3.63) is 29.1 Å². The van der Waals surface area contributed by atoms with E-state index < -0.39 is 0 Å². The number of fused-ring (bicyclic) bond motifs is 1. The van der Waals surface area contributed by atoms with Crippen molar-refractivity contribution < 1.29 is 9.18 Å². The Kier molecular flexibility index (Phi) is 4.31. The lowest BCUT2D eigenvalue weighted by Gasteiger charge is -2.19. The van der Waals surface area contributed by atoms with Gasteiger partial charge in [-0.05, 0) is 41.0 Å². The zero-order chi connectivity index (χ0) is 15.4. The Balaban J connectivity index is 0.00000176. The number of nitrogens with one attached hydrogen (secondary N) is 2. The van der Waals surface area contributed by atoms with E-state index in [4.69, 9.17) is 0 Å².